The second-order valence-electron chi connectivity index (χ2n) is 3.23. The quantitative estimate of drug-likeness (QED) is 0.671. The molecule has 0 aliphatic heterocycles. The zero-order valence-corrected chi connectivity index (χ0v) is 8.83. The van der Waals surface area contributed by atoms with Crippen molar-refractivity contribution in [1.29, 1.82) is 0 Å². The van der Waals surface area contributed by atoms with Gasteiger partial charge in [0, 0.05) is 19.8 Å². The second-order valence-corrected chi connectivity index (χ2v) is 3.23. The van der Waals surface area contributed by atoms with E-state index in [4.69, 9.17) is 11.0 Å². The topological polar surface area (TPSA) is 33.6 Å². The first-order valence-electron chi connectivity index (χ1n) is 4.24. The average molecular weight is 191 g/mol. The Kier molecular flexibility index (Phi) is 2.92. The lowest BCUT2D eigenvalue weighted by Crippen LogP contribution is -2.09. The Bertz CT molecular complexity index is 396. The van der Waals surface area contributed by atoms with Crippen molar-refractivity contribution in [1.82, 2.24) is 9.88 Å². The molecule has 0 fully saturated rings. The molecule has 0 saturated carbocycles. The van der Waals surface area contributed by atoms with E-state index in [1.165, 1.54) is 0 Å². The summed E-state index contributed by atoms with van der Waals surface area (Å²) in [5.41, 5.74) is 2.10. The molecule has 1 aromatic rings. The molecular weight excluding hydrogens is 178 g/mol. The molecule has 0 bridgehead atoms. The van der Waals surface area contributed by atoms with Crippen molar-refractivity contribution < 1.29 is 4.42 Å². The van der Waals surface area contributed by atoms with Crippen LogP contribution in [0.1, 0.15) is 18.5 Å². The van der Waals surface area contributed by atoms with Crippen molar-refractivity contribution in [2.75, 3.05) is 14.1 Å². The summed E-state index contributed by atoms with van der Waals surface area (Å²) in [6, 6.07) is 0. The van der Waals surface area contributed by atoms with Gasteiger partial charge < -0.3 is 9.32 Å². The Balaban J connectivity index is 3.18. The lowest BCUT2D eigenvalue weighted by atomic mass is 10.3. The number of aryl methyl sites for hydroxylation is 1. The Hall–Kier alpha value is -1.76. The van der Waals surface area contributed by atoms with E-state index in [0.717, 1.165) is 11.4 Å². The summed E-state index contributed by atoms with van der Waals surface area (Å²) < 4.78 is 5.18. The Morgan fingerprint density at radius 1 is 1.57 bits per heavy atom. The predicted molar refractivity (Wildman–Crippen MR) is 54.1 cm³/mol. The van der Waals surface area contributed by atoms with Crippen LogP contribution in [0.2, 0.25) is 0 Å². The van der Waals surface area contributed by atoms with Crippen LogP contribution < -0.4 is 0 Å². The van der Waals surface area contributed by atoms with Crippen molar-refractivity contribution in [3.8, 4) is 0 Å². The van der Waals surface area contributed by atoms with Gasteiger partial charge >= 0.3 is 0 Å². The lowest BCUT2D eigenvalue weighted by molar-refractivity contribution is 0.505. The summed E-state index contributed by atoms with van der Waals surface area (Å²) in [5.74, 6) is 0.392. The Morgan fingerprint density at radius 2 is 2.21 bits per heavy atom. The van der Waals surface area contributed by atoms with E-state index in [1.807, 2.05) is 32.8 Å². The summed E-state index contributed by atoms with van der Waals surface area (Å²) >= 11 is 0. The summed E-state index contributed by atoms with van der Waals surface area (Å²) in [7, 11) is 3.77. The predicted octanol–water partition coefficient (Wildman–Crippen LogP) is 2.15. The maximum Gasteiger partial charge on any atom is 0.265 e. The third-order valence-electron chi connectivity index (χ3n) is 1.95. The van der Waals surface area contributed by atoms with Gasteiger partial charge in [-0.2, -0.15) is 0 Å². The molecule has 0 atom stereocenters. The van der Waals surface area contributed by atoms with Crippen LogP contribution in [-0.4, -0.2) is 24.0 Å². The van der Waals surface area contributed by atoms with Gasteiger partial charge in [0.05, 0.1) is 12.3 Å². The molecule has 74 valence electrons. The van der Waals surface area contributed by atoms with Crippen LogP contribution >= 0.6 is 0 Å². The molecule has 1 aromatic heterocycles. The van der Waals surface area contributed by atoms with E-state index in [1.54, 1.807) is 6.26 Å². The average Bonchev–Trinajstić information content (AvgIpc) is 2.53. The van der Waals surface area contributed by atoms with Gasteiger partial charge in [-0.15, -0.1) is 0 Å². The molecule has 4 heteroatoms. The Labute approximate surface area is 83.7 Å². The number of hydrogen-bond acceptors (Lipinski definition) is 3. The minimum absolute atomic E-state index is 0.392. The van der Waals surface area contributed by atoms with Crippen LogP contribution in [0.5, 0.6) is 0 Å². The SMILES string of the molecule is [C-]#[N+]C(=C(C)N(C)C)c1nc(C)co1. The first-order chi connectivity index (χ1) is 6.56. The normalized spacial score (nSPS) is 11.9. The van der Waals surface area contributed by atoms with E-state index >= 15 is 0 Å². The summed E-state index contributed by atoms with van der Waals surface area (Å²) in [5, 5.41) is 0. The zero-order valence-electron chi connectivity index (χ0n) is 8.83. The van der Waals surface area contributed by atoms with Crippen LogP contribution in [0.15, 0.2) is 16.4 Å². The molecule has 1 heterocycles. The van der Waals surface area contributed by atoms with Gasteiger partial charge in [-0.3, -0.25) is 0 Å². The smallest absolute Gasteiger partial charge is 0.265 e. The van der Waals surface area contributed by atoms with E-state index in [-0.39, 0.29) is 0 Å². The van der Waals surface area contributed by atoms with Crippen molar-refractivity contribution >= 4 is 5.70 Å². The lowest BCUT2D eigenvalue weighted by Gasteiger charge is -2.13. The van der Waals surface area contributed by atoms with Crippen molar-refractivity contribution in [2.24, 2.45) is 0 Å². The van der Waals surface area contributed by atoms with Gasteiger partial charge in [-0.05, 0) is 13.8 Å². The molecule has 0 aliphatic carbocycles. The Morgan fingerprint density at radius 3 is 2.57 bits per heavy atom. The van der Waals surface area contributed by atoms with E-state index in [2.05, 4.69) is 9.83 Å². The molecule has 0 amide bonds. The zero-order chi connectivity index (χ0) is 10.7. The number of rotatable bonds is 2. The largest absolute Gasteiger partial charge is 0.455 e. The molecule has 0 saturated heterocycles. The number of allylic oxidation sites excluding steroid dienone is 1. The number of hydrogen-bond donors (Lipinski definition) is 0. The van der Waals surface area contributed by atoms with Crippen LogP contribution in [0.3, 0.4) is 0 Å². The van der Waals surface area contributed by atoms with Crippen molar-refractivity contribution in [2.45, 2.75) is 13.8 Å². The minimum Gasteiger partial charge on any atom is -0.455 e. The monoisotopic (exact) mass is 191 g/mol. The number of nitrogens with zero attached hydrogens (tertiary/aromatic N) is 3. The second kappa shape index (κ2) is 3.97. The number of aromatic nitrogens is 1. The molecule has 0 spiro atoms. The van der Waals surface area contributed by atoms with Crippen molar-refractivity contribution in [3.63, 3.8) is 0 Å². The summed E-state index contributed by atoms with van der Waals surface area (Å²) in [6.45, 7) is 10.8. The maximum atomic E-state index is 7.07. The molecule has 0 aliphatic rings. The molecule has 1 rings (SSSR count). The molecular formula is C10H13N3O. The van der Waals surface area contributed by atoms with E-state index < -0.39 is 0 Å². The van der Waals surface area contributed by atoms with Crippen LogP contribution in [-0.2, 0) is 0 Å². The molecule has 0 unspecified atom stereocenters. The van der Waals surface area contributed by atoms with Gasteiger partial charge in [0.2, 0.25) is 5.89 Å². The van der Waals surface area contributed by atoms with Gasteiger partial charge in [0.25, 0.3) is 5.70 Å². The van der Waals surface area contributed by atoms with Gasteiger partial charge in [-0.25, -0.2) is 9.83 Å². The van der Waals surface area contributed by atoms with E-state index in [9.17, 15) is 0 Å². The highest BCUT2D eigenvalue weighted by Crippen LogP contribution is 2.20. The highest BCUT2D eigenvalue weighted by molar-refractivity contribution is 5.67. The summed E-state index contributed by atoms with van der Waals surface area (Å²) in [4.78, 5) is 9.41. The number of oxazole rings is 1. The highest BCUT2D eigenvalue weighted by Gasteiger charge is 2.12. The fourth-order valence-corrected chi connectivity index (χ4v) is 0.958. The van der Waals surface area contributed by atoms with Gasteiger partial charge in [0.1, 0.15) is 6.26 Å². The van der Waals surface area contributed by atoms with Crippen LogP contribution in [0, 0.1) is 13.5 Å². The maximum absolute atomic E-state index is 7.07. The first kappa shape index (κ1) is 10.3. The van der Waals surface area contributed by atoms with Gasteiger partial charge in [0.15, 0.2) is 0 Å². The molecule has 0 N–H and O–H groups in total. The minimum atomic E-state index is 0.392. The first-order valence-corrected chi connectivity index (χ1v) is 4.24. The fourth-order valence-electron chi connectivity index (χ4n) is 0.958. The van der Waals surface area contributed by atoms with Crippen molar-refractivity contribution in [3.05, 3.63) is 35.0 Å². The molecule has 0 radical (unpaired) electrons. The standard InChI is InChI=1S/C10H13N3O/c1-7-6-14-10(12-7)9(11-3)8(2)13(4)5/h6H,1-2,4-5H3. The van der Waals surface area contributed by atoms with Crippen LogP contribution in [0.25, 0.3) is 10.5 Å². The molecule has 0 aromatic carbocycles. The van der Waals surface area contributed by atoms with Gasteiger partial charge in [-0.1, -0.05) is 0 Å². The highest BCUT2D eigenvalue weighted by atomic mass is 16.3. The molecule has 14 heavy (non-hydrogen) atoms. The van der Waals surface area contributed by atoms with E-state index in [0.29, 0.717) is 11.6 Å². The fraction of sp³-hybridized carbons (Fsp3) is 0.400. The van der Waals surface area contributed by atoms with Crippen LogP contribution in [0.4, 0.5) is 0 Å². The summed E-state index contributed by atoms with van der Waals surface area (Å²) in [6.07, 6.45) is 1.55. The third kappa shape index (κ3) is 1.94. The third-order valence-corrected chi connectivity index (χ3v) is 1.95. The molecule has 4 nitrogen and oxygen atoms in total.